The van der Waals surface area contributed by atoms with Gasteiger partial charge in [0.2, 0.25) is 0 Å². The van der Waals surface area contributed by atoms with Gasteiger partial charge in [0, 0.05) is 71.0 Å². The van der Waals surface area contributed by atoms with Crippen LogP contribution in [-0.2, 0) is 85.6 Å². The molecule has 390 valence electrons. The van der Waals surface area contributed by atoms with E-state index in [1.54, 1.807) is 0 Å². The zero-order valence-electron chi connectivity index (χ0n) is 38.6. The molecule has 72 heavy (non-hydrogen) atoms. The van der Waals surface area contributed by atoms with Crippen LogP contribution >= 0.6 is 0 Å². The van der Waals surface area contributed by atoms with Crippen molar-refractivity contribution < 1.29 is 90.7 Å². The Balaban J connectivity index is 1.91. The highest BCUT2D eigenvalue weighted by atomic mass is 16.8. The first-order valence-corrected chi connectivity index (χ1v) is 21.1. The van der Waals surface area contributed by atoms with Gasteiger partial charge in [0.05, 0.1) is 37.9 Å². The molecular formula is C35H46N18O19. The minimum atomic E-state index is -2.01. The summed E-state index contributed by atoms with van der Waals surface area (Å²) in [6, 6.07) is -6.62. The Morgan fingerprint density at radius 3 is 1.17 bits per heavy atom. The number of azide groups is 6. The molecule has 0 aromatic rings. The molecule has 3 aliphatic heterocycles. The largest absolute Gasteiger partial charge is 0.459 e. The van der Waals surface area contributed by atoms with Crippen LogP contribution in [0.1, 0.15) is 48.0 Å². The lowest BCUT2D eigenvalue weighted by Gasteiger charge is -2.48. The van der Waals surface area contributed by atoms with Gasteiger partial charge < -0.3 is 61.9 Å². The maximum Gasteiger partial charge on any atom is 0.303 e. The Kier molecular flexibility index (Phi) is 21.5. The Labute approximate surface area is 403 Å². The van der Waals surface area contributed by atoms with Gasteiger partial charge in [-0.25, -0.2) is 0 Å². The molecule has 37 heteroatoms. The van der Waals surface area contributed by atoms with Crippen LogP contribution in [-0.4, -0.2) is 177 Å². The monoisotopic (exact) mass is 1020 g/mol. The average Bonchev–Trinajstić information content (AvgIpc) is 3.61. The number of aliphatic hydroxyl groups is 1. The molecule has 4 fully saturated rings. The van der Waals surface area contributed by atoms with Gasteiger partial charge in [-0.3, -0.25) is 28.8 Å². The predicted molar refractivity (Wildman–Crippen MR) is 225 cm³/mol. The van der Waals surface area contributed by atoms with E-state index in [1.807, 2.05) is 0 Å². The maximum atomic E-state index is 12.9. The number of esters is 6. The Morgan fingerprint density at radius 1 is 0.431 bits per heavy atom. The number of carbonyl (C=O) groups excluding carboxylic acids is 6. The number of hydrogen-bond donors (Lipinski definition) is 1. The lowest BCUT2D eigenvalue weighted by molar-refractivity contribution is -0.309. The van der Waals surface area contributed by atoms with E-state index in [9.17, 15) is 61.5 Å². The summed E-state index contributed by atoms with van der Waals surface area (Å²) >= 11 is 0. The quantitative estimate of drug-likeness (QED) is 0.0567. The highest BCUT2D eigenvalue weighted by Gasteiger charge is 2.59. The second-order valence-corrected chi connectivity index (χ2v) is 15.6. The van der Waals surface area contributed by atoms with E-state index in [0.29, 0.717) is 0 Å². The van der Waals surface area contributed by atoms with Crippen LogP contribution in [0.2, 0.25) is 0 Å². The molecule has 0 radical (unpaired) electrons. The SMILES string of the molecule is CC(=O)OC1[C@H](O[C@@H]2C(OC(C)=O)[C@H](N=[N+]=[N-])CC(N=[N+]=[N-])[C@@H]2O[C@@H]2OC(CN=[N+]=[N-])[C@H](OC(C)=O)[C@H](OC(C)=O)C2N=[N+]=[N-])O[C@H](CO)[C@@H]1O[C@H]1O[C@@H](CN=[N+]=[N-])[C@@H](OC(C)=O)C(OC(C)=O)C1N=[N+]=[N-]. The smallest absolute Gasteiger partial charge is 0.303 e. The zero-order chi connectivity index (χ0) is 53.2. The summed E-state index contributed by atoms with van der Waals surface area (Å²) in [4.78, 5) is 91.7. The maximum absolute atomic E-state index is 12.9. The van der Waals surface area contributed by atoms with Crippen molar-refractivity contribution in [3.63, 3.8) is 0 Å². The molecule has 1 aliphatic carbocycles. The van der Waals surface area contributed by atoms with Crippen molar-refractivity contribution in [3.8, 4) is 0 Å². The summed E-state index contributed by atoms with van der Waals surface area (Å²) in [6.45, 7) is 3.56. The van der Waals surface area contributed by atoms with Gasteiger partial charge in [0.15, 0.2) is 49.4 Å². The van der Waals surface area contributed by atoms with Gasteiger partial charge in [0.25, 0.3) is 0 Å². The molecule has 0 amide bonds. The predicted octanol–water partition coefficient (Wildman–Crippen LogP) is 2.64. The van der Waals surface area contributed by atoms with E-state index in [0.717, 1.165) is 41.5 Å². The van der Waals surface area contributed by atoms with Crippen LogP contribution in [0, 0.1) is 0 Å². The van der Waals surface area contributed by atoms with Crippen molar-refractivity contribution in [2.75, 3.05) is 19.7 Å². The van der Waals surface area contributed by atoms with Gasteiger partial charge in [-0.2, -0.15) is 0 Å². The van der Waals surface area contributed by atoms with Crippen LogP contribution in [0.15, 0.2) is 30.7 Å². The third kappa shape index (κ3) is 14.7. The minimum absolute atomic E-state index is 0.486. The molecular weight excluding hydrogens is 976 g/mol. The topological polar surface area (TPSA) is 526 Å². The Morgan fingerprint density at radius 2 is 0.778 bits per heavy atom. The molecule has 4 aliphatic rings. The molecule has 0 spiro atoms. The van der Waals surface area contributed by atoms with Crippen LogP contribution in [0.5, 0.6) is 0 Å². The molecule has 0 bridgehead atoms. The van der Waals surface area contributed by atoms with Crippen LogP contribution in [0.4, 0.5) is 0 Å². The fourth-order valence-electron chi connectivity index (χ4n) is 8.27. The summed E-state index contributed by atoms with van der Waals surface area (Å²) in [7, 11) is 0. The fraction of sp³-hybridized carbons (Fsp3) is 0.829. The summed E-state index contributed by atoms with van der Waals surface area (Å²) < 4.78 is 70.0. The van der Waals surface area contributed by atoms with E-state index in [-0.39, 0.29) is 0 Å². The summed E-state index contributed by atoms with van der Waals surface area (Å²) in [5.41, 5.74) is 57.1. The van der Waals surface area contributed by atoms with E-state index in [2.05, 4.69) is 60.2 Å². The standard InChI is InChI=1S/C35H46N18O19/c1-11(55)61-24-17(44-50-38)7-18(45-51-39)25(70-33-22(46-52-40)29(64-14(4)58)26(62-12(2)56)19(67-33)8-42-48-36)31(24)72-35-32(66-16(6)60)28(21(10-54)69-35)71-34-23(47-53-41)30(65-15(5)59)27(63-13(3)57)20(68-34)9-43-49-37/h17-35,54H,7-10H2,1-6H3/t17-,18?,19?,20+,21-,22?,23?,24?,25+,26+,27-,28+,29-,30?,31-,32?,33+,34-,35+/m1/s1. The Hall–Kier alpha value is -7.60. The highest BCUT2D eigenvalue weighted by molar-refractivity contribution is 5.68. The fourth-order valence-corrected chi connectivity index (χ4v) is 8.27. The van der Waals surface area contributed by atoms with Crippen molar-refractivity contribution in [1.82, 2.24) is 0 Å². The van der Waals surface area contributed by atoms with E-state index >= 15 is 0 Å². The van der Waals surface area contributed by atoms with Crippen molar-refractivity contribution in [1.29, 1.82) is 0 Å². The third-order valence-corrected chi connectivity index (χ3v) is 10.7. The molecule has 1 N–H and O–H groups in total. The molecule has 3 heterocycles. The summed E-state index contributed by atoms with van der Waals surface area (Å²) in [5, 5.41) is 32.5. The highest BCUT2D eigenvalue weighted by Crippen LogP contribution is 2.40. The summed E-state index contributed by atoms with van der Waals surface area (Å²) in [6.07, 6.45) is -27.0. The molecule has 7 unspecified atom stereocenters. The van der Waals surface area contributed by atoms with E-state index in [4.69, 9.17) is 62.4 Å². The molecule has 0 aromatic carbocycles. The molecule has 1 saturated carbocycles. The van der Waals surface area contributed by atoms with Gasteiger partial charge in [-0.1, -0.05) is 30.7 Å². The van der Waals surface area contributed by atoms with Crippen molar-refractivity contribution in [2.24, 2.45) is 30.7 Å². The third-order valence-electron chi connectivity index (χ3n) is 10.7. The average molecular weight is 1020 g/mol. The number of hydrogen-bond acceptors (Lipinski definition) is 25. The van der Waals surface area contributed by atoms with Crippen molar-refractivity contribution in [3.05, 3.63) is 62.7 Å². The van der Waals surface area contributed by atoms with Crippen molar-refractivity contribution >= 4 is 35.8 Å². The first-order valence-electron chi connectivity index (χ1n) is 21.1. The molecule has 4 rings (SSSR count). The van der Waals surface area contributed by atoms with E-state index in [1.165, 1.54) is 0 Å². The summed E-state index contributed by atoms with van der Waals surface area (Å²) in [5.74, 6) is -5.93. The van der Waals surface area contributed by atoms with Crippen LogP contribution in [0.3, 0.4) is 0 Å². The normalized spacial score (nSPS) is 34.6. The molecule has 0 aromatic heterocycles. The lowest BCUT2D eigenvalue weighted by atomic mass is 9.83. The number of carbonyl (C=O) groups is 6. The van der Waals surface area contributed by atoms with Gasteiger partial charge in [0.1, 0.15) is 48.7 Å². The second-order valence-electron chi connectivity index (χ2n) is 15.6. The minimum Gasteiger partial charge on any atom is -0.459 e. The number of ether oxygens (including phenoxy) is 12. The molecule has 37 nitrogen and oxygen atoms in total. The first-order chi connectivity index (χ1) is 34.4. The zero-order valence-corrected chi connectivity index (χ0v) is 38.6. The molecule has 19 atom stereocenters. The lowest BCUT2D eigenvalue weighted by Crippen LogP contribution is -2.65. The number of nitrogens with zero attached hydrogens (tertiary/aromatic N) is 18. The first kappa shape index (κ1) is 57.0. The van der Waals surface area contributed by atoms with E-state index < -0.39 is 178 Å². The Bertz CT molecular complexity index is 2320. The molecule has 3 saturated heterocycles. The van der Waals surface area contributed by atoms with Crippen molar-refractivity contribution in [2.45, 2.75) is 164 Å². The number of rotatable bonds is 21. The second kappa shape index (κ2) is 27.1. The number of aliphatic hydroxyl groups excluding tert-OH is 1. The van der Waals surface area contributed by atoms with Gasteiger partial charge >= 0.3 is 35.8 Å². The van der Waals surface area contributed by atoms with Crippen LogP contribution in [0.25, 0.3) is 62.7 Å². The van der Waals surface area contributed by atoms with Gasteiger partial charge in [-0.05, 0) is 39.6 Å². The van der Waals surface area contributed by atoms with Gasteiger partial charge in [-0.15, -0.1) is 0 Å². The van der Waals surface area contributed by atoms with Crippen LogP contribution < -0.4 is 0 Å².